The molecule has 0 amide bonds. The second kappa shape index (κ2) is 6.83. The lowest BCUT2D eigenvalue weighted by Gasteiger charge is -2.28. The van der Waals surface area contributed by atoms with Crippen molar-refractivity contribution < 1.29 is 0 Å². The molecule has 0 saturated carbocycles. The predicted octanol–water partition coefficient (Wildman–Crippen LogP) is 1.74. The maximum absolute atomic E-state index is 3.97. The maximum atomic E-state index is 3.97. The Kier molecular flexibility index (Phi) is 4.62. The molecule has 1 saturated heterocycles. The van der Waals surface area contributed by atoms with Crippen LogP contribution >= 0.6 is 0 Å². The van der Waals surface area contributed by atoms with E-state index in [0.29, 0.717) is 6.04 Å². The van der Waals surface area contributed by atoms with Gasteiger partial charge in [-0.15, -0.1) is 5.10 Å². The summed E-state index contributed by atoms with van der Waals surface area (Å²) in [7, 11) is 1.93. The quantitative estimate of drug-likeness (QED) is 0.878. The number of hydrogen-bond donors (Lipinski definition) is 1. The minimum atomic E-state index is 0.454. The van der Waals surface area contributed by atoms with E-state index in [4.69, 9.17) is 0 Å². The van der Waals surface area contributed by atoms with Crippen molar-refractivity contribution in [1.29, 1.82) is 0 Å². The number of likely N-dealkylation sites (tertiary alicyclic amines) is 1. The van der Waals surface area contributed by atoms with Gasteiger partial charge in [-0.1, -0.05) is 35.5 Å². The van der Waals surface area contributed by atoms with Gasteiger partial charge < -0.3 is 5.32 Å². The van der Waals surface area contributed by atoms with Crippen LogP contribution in [0.25, 0.3) is 0 Å². The normalized spacial score (nSPS) is 17.2. The molecule has 1 aromatic carbocycles. The molecule has 3 rings (SSSR count). The molecule has 112 valence electrons. The fourth-order valence-electron chi connectivity index (χ4n) is 2.99. The van der Waals surface area contributed by atoms with Crippen LogP contribution in [0.15, 0.2) is 36.5 Å². The first kappa shape index (κ1) is 14.2. The second-order valence-electron chi connectivity index (χ2n) is 5.65. The molecular formula is C16H23N5. The summed E-state index contributed by atoms with van der Waals surface area (Å²) >= 11 is 0. The number of benzene rings is 1. The molecular weight excluding hydrogens is 262 g/mol. The van der Waals surface area contributed by atoms with Crippen molar-refractivity contribution in [3.8, 4) is 0 Å². The van der Waals surface area contributed by atoms with Crippen LogP contribution in [0.5, 0.6) is 0 Å². The van der Waals surface area contributed by atoms with Gasteiger partial charge in [0.2, 0.25) is 0 Å². The second-order valence-corrected chi connectivity index (χ2v) is 5.65. The van der Waals surface area contributed by atoms with Crippen LogP contribution in [-0.4, -0.2) is 39.5 Å². The topological polar surface area (TPSA) is 46.0 Å². The molecule has 1 atom stereocenters. The smallest absolute Gasteiger partial charge is 0.0738 e. The highest BCUT2D eigenvalue weighted by atomic mass is 15.4. The summed E-state index contributed by atoms with van der Waals surface area (Å²) in [4.78, 5) is 2.59. The molecule has 1 aliphatic rings. The largest absolute Gasteiger partial charge is 0.309 e. The highest BCUT2D eigenvalue weighted by molar-refractivity contribution is 5.19. The Bertz CT molecular complexity index is 545. The van der Waals surface area contributed by atoms with Crippen molar-refractivity contribution in [3.05, 3.63) is 47.8 Å². The lowest BCUT2D eigenvalue weighted by molar-refractivity contribution is 0.238. The predicted molar refractivity (Wildman–Crippen MR) is 82.7 cm³/mol. The van der Waals surface area contributed by atoms with Crippen molar-refractivity contribution in [2.75, 3.05) is 19.6 Å². The van der Waals surface area contributed by atoms with Gasteiger partial charge in [-0.05, 0) is 31.5 Å². The standard InChI is InChI=1S/C16H23N5/c1-20-15(12-18-19-20)11-17-13-16(21-9-5-6-10-21)14-7-3-2-4-8-14/h2-4,7-8,12,16-17H,5-6,9-11,13H2,1H3. The molecule has 5 heteroatoms. The van der Waals surface area contributed by atoms with Gasteiger partial charge in [-0.25, -0.2) is 0 Å². The number of aryl methyl sites for hydroxylation is 1. The summed E-state index contributed by atoms with van der Waals surface area (Å²) in [5.41, 5.74) is 2.51. The molecule has 0 spiro atoms. The SMILES string of the molecule is Cn1nncc1CNCC(c1ccccc1)N1CCCC1. The van der Waals surface area contributed by atoms with Crippen molar-refractivity contribution in [2.45, 2.75) is 25.4 Å². The number of hydrogen-bond acceptors (Lipinski definition) is 4. The zero-order chi connectivity index (χ0) is 14.5. The van der Waals surface area contributed by atoms with Crippen LogP contribution in [0.1, 0.15) is 30.1 Å². The summed E-state index contributed by atoms with van der Waals surface area (Å²) in [6, 6.07) is 11.3. The Morgan fingerprint density at radius 3 is 2.62 bits per heavy atom. The zero-order valence-electron chi connectivity index (χ0n) is 12.6. The number of aromatic nitrogens is 3. The van der Waals surface area contributed by atoms with E-state index in [1.807, 2.05) is 17.9 Å². The van der Waals surface area contributed by atoms with Gasteiger partial charge >= 0.3 is 0 Å². The van der Waals surface area contributed by atoms with E-state index in [1.165, 1.54) is 31.5 Å². The average molecular weight is 285 g/mol. The maximum Gasteiger partial charge on any atom is 0.0738 e. The molecule has 2 aromatic rings. The van der Waals surface area contributed by atoms with Crippen molar-refractivity contribution in [2.24, 2.45) is 7.05 Å². The van der Waals surface area contributed by atoms with Crippen LogP contribution in [0.2, 0.25) is 0 Å². The third-order valence-electron chi connectivity index (χ3n) is 4.22. The Morgan fingerprint density at radius 2 is 1.95 bits per heavy atom. The first-order valence-electron chi connectivity index (χ1n) is 7.68. The molecule has 5 nitrogen and oxygen atoms in total. The molecule has 1 aliphatic heterocycles. The van der Waals surface area contributed by atoms with Crippen LogP contribution in [0.3, 0.4) is 0 Å². The van der Waals surface area contributed by atoms with E-state index in [1.54, 1.807) is 0 Å². The van der Waals surface area contributed by atoms with Crippen molar-refractivity contribution in [1.82, 2.24) is 25.2 Å². The molecule has 1 unspecified atom stereocenters. The Hall–Kier alpha value is -1.72. The highest BCUT2D eigenvalue weighted by Crippen LogP contribution is 2.24. The zero-order valence-corrected chi connectivity index (χ0v) is 12.6. The molecule has 0 aliphatic carbocycles. The molecule has 0 radical (unpaired) electrons. The van der Waals surface area contributed by atoms with E-state index in [0.717, 1.165) is 18.8 Å². The third-order valence-corrected chi connectivity index (χ3v) is 4.22. The van der Waals surface area contributed by atoms with Gasteiger partial charge in [0, 0.05) is 26.2 Å². The lowest BCUT2D eigenvalue weighted by Crippen LogP contribution is -2.34. The van der Waals surface area contributed by atoms with E-state index in [-0.39, 0.29) is 0 Å². The molecule has 1 aromatic heterocycles. The third kappa shape index (κ3) is 3.49. The summed E-state index contributed by atoms with van der Waals surface area (Å²) < 4.78 is 1.82. The van der Waals surface area contributed by atoms with E-state index < -0.39 is 0 Å². The minimum absolute atomic E-state index is 0.454. The first-order valence-corrected chi connectivity index (χ1v) is 7.68. The van der Waals surface area contributed by atoms with Gasteiger partial charge in [0.05, 0.1) is 11.9 Å². The Balaban J connectivity index is 1.63. The molecule has 2 heterocycles. The van der Waals surface area contributed by atoms with Crippen LogP contribution in [0.4, 0.5) is 0 Å². The average Bonchev–Trinajstić information content (AvgIpc) is 3.17. The van der Waals surface area contributed by atoms with Crippen LogP contribution in [0, 0.1) is 0 Å². The molecule has 21 heavy (non-hydrogen) atoms. The van der Waals surface area contributed by atoms with Gasteiger partial charge in [-0.2, -0.15) is 0 Å². The van der Waals surface area contributed by atoms with E-state index in [2.05, 4.69) is 50.9 Å². The summed E-state index contributed by atoms with van der Waals surface area (Å²) in [6.45, 7) is 4.17. The molecule has 1 fully saturated rings. The van der Waals surface area contributed by atoms with Gasteiger partial charge in [0.15, 0.2) is 0 Å². The van der Waals surface area contributed by atoms with Gasteiger partial charge in [0.1, 0.15) is 0 Å². The van der Waals surface area contributed by atoms with Gasteiger partial charge in [0.25, 0.3) is 0 Å². The number of nitrogens with one attached hydrogen (secondary N) is 1. The van der Waals surface area contributed by atoms with Crippen molar-refractivity contribution >= 4 is 0 Å². The van der Waals surface area contributed by atoms with Crippen LogP contribution < -0.4 is 5.32 Å². The Morgan fingerprint density at radius 1 is 1.19 bits per heavy atom. The lowest BCUT2D eigenvalue weighted by atomic mass is 10.1. The summed E-state index contributed by atoms with van der Waals surface area (Å²) in [5, 5.41) is 11.4. The summed E-state index contributed by atoms with van der Waals surface area (Å²) in [6.07, 6.45) is 4.45. The molecule has 1 N–H and O–H groups in total. The number of rotatable bonds is 6. The number of nitrogens with zero attached hydrogens (tertiary/aromatic N) is 4. The summed E-state index contributed by atoms with van der Waals surface area (Å²) in [5.74, 6) is 0. The fraction of sp³-hybridized carbons (Fsp3) is 0.500. The van der Waals surface area contributed by atoms with Crippen molar-refractivity contribution in [3.63, 3.8) is 0 Å². The first-order chi connectivity index (χ1) is 10.3. The van der Waals surface area contributed by atoms with E-state index >= 15 is 0 Å². The minimum Gasteiger partial charge on any atom is -0.309 e. The molecule has 0 bridgehead atoms. The monoisotopic (exact) mass is 285 g/mol. The van der Waals surface area contributed by atoms with Gasteiger partial charge in [-0.3, -0.25) is 9.58 Å². The van der Waals surface area contributed by atoms with E-state index in [9.17, 15) is 0 Å². The fourth-order valence-corrected chi connectivity index (χ4v) is 2.99. The highest BCUT2D eigenvalue weighted by Gasteiger charge is 2.22. The Labute approximate surface area is 126 Å². The van der Waals surface area contributed by atoms with Crippen LogP contribution in [-0.2, 0) is 13.6 Å².